The van der Waals surface area contributed by atoms with Crippen molar-refractivity contribution >= 4 is 17.7 Å². The van der Waals surface area contributed by atoms with Crippen molar-refractivity contribution in [1.82, 2.24) is 0 Å². The third-order valence-corrected chi connectivity index (χ3v) is 3.59. The minimum absolute atomic E-state index is 0.253. The molecule has 0 amide bonds. The molecule has 0 radical (unpaired) electrons. The van der Waals surface area contributed by atoms with Crippen LogP contribution in [0.25, 0.3) is 0 Å². The number of halogens is 1. The summed E-state index contributed by atoms with van der Waals surface area (Å²) in [6, 6.07) is 6.33. The van der Waals surface area contributed by atoms with Crippen LogP contribution in [0.3, 0.4) is 0 Å². The summed E-state index contributed by atoms with van der Waals surface area (Å²) in [6.07, 6.45) is 0. The van der Waals surface area contributed by atoms with E-state index in [1.807, 2.05) is 19.9 Å². The van der Waals surface area contributed by atoms with E-state index in [1.165, 1.54) is 31.0 Å². The molecule has 0 spiro atoms. The van der Waals surface area contributed by atoms with Crippen LogP contribution in [0, 0.1) is 11.2 Å². The highest BCUT2D eigenvalue weighted by Gasteiger charge is 2.28. The average molecular weight is 242 g/mol. The Hall–Kier alpha value is -1.03. The van der Waals surface area contributed by atoms with E-state index in [-0.39, 0.29) is 11.8 Å². The largest absolute Gasteiger partial charge is 0.469 e. The first-order chi connectivity index (χ1) is 7.45. The number of thioether (sulfide) groups is 1. The second-order valence-electron chi connectivity index (χ2n) is 4.12. The standard InChI is InChI=1S/C12H15FO2S/c1-12(2,11(14)15-3)8-16-10-6-4-5-9(13)7-10/h4-7H,8H2,1-3H3. The van der Waals surface area contributed by atoms with Gasteiger partial charge in [-0.25, -0.2) is 4.39 Å². The van der Waals surface area contributed by atoms with Crippen molar-refractivity contribution in [3.05, 3.63) is 30.1 Å². The van der Waals surface area contributed by atoms with Gasteiger partial charge in [-0.1, -0.05) is 6.07 Å². The second kappa shape index (κ2) is 5.34. The number of carbonyl (C=O) groups excluding carboxylic acids is 1. The number of hydrogen-bond acceptors (Lipinski definition) is 3. The van der Waals surface area contributed by atoms with Gasteiger partial charge < -0.3 is 4.74 Å². The lowest BCUT2D eigenvalue weighted by molar-refractivity contribution is -0.149. The summed E-state index contributed by atoms with van der Waals surface area (Å²) in [6.45, 7) is 3.62. The van der Waals surface area contributed by atoms with Crippen LogP contribution in [0.5, 0.6) is 0 Å². The van der Waals surface area contributed by atoms with Crippen molar-refractivity contribution in [2.45, 2.75) is 18.7 Å². The summed E-state index contributed by atoms with van der Waals surface area (Å²) in [5.74, 6) is 0.0422. The zero-order valence-electron chi connectivity index (χ0n) is 9.62. The minimum atomic E-state index is -0.564. The smallest absolute Gasteiger partial charge is 0.312 e. The molecule has 0 heterocycles. The topological polar surface area (TPSA) is 26.3 Å². The lowest BCUT2D eigenvalue weighted by atomic mass is 9.97. The number of rotatable bonds is 4. The first kappa shape index (κ1) is 13.0. The van der Waals surface area contributed by atoms with Crippen LogP contribution in [0.1, 0.15) is 13.8 Å². The van der Waals surface area contributed by atoms with Crippen molar-refractivity contribution in [3.8, 4) is 0 Å². The maximum atomic E-state index is 12.9. The van der Waals surface area contributed by atoms with Gasteiger partial charge in [-0.15, -0.1) is 11.8 Å². The third kappa shape index (κ3) is 3.52. The zero-order chi connectivity index (χ0) is 12.2. The van der Waals surface area contributed by atoms with Gasteiger partial charge in [0.2, 0.25) is 0 Å². The number of ether oxygens (including phenoxy) is 1. The van der Waals surface area contributed by atoms with Crippen LogP contribution in [0.2, 0.25) is 0 Å². The molecule has 0 aromatic heterocycles. The van der Waals surface area contributed by atoms with Gasteiger partial charge in [-0.05, 0) is 32.0 Å². The fourth-order valence-corrected chi connectivity index (χ4v) is 2.17. The van der Waals surface area contributed by atoms with E-state index in [1.54, 1.807) is 6.07 Å². The molecule has 0 saturated heterocycles. The summed E-state index contributed by atoms with van der Waals surface area (Å²) in [5, 5.41) is 0. The van der Waals surface area contributed by atoms with Crippen molar-refractivity contribution in [3.63, 3.8) is 0 Å². The Bertz CT molecular complexity index is 377. The maximum absolute atomic E-state index is 12.9. The van der Waals surface area contributed by atoms with Gasteiger partial charge in [0.15, 0.2) is 0 Å². The molecule has 0 aliphatic carbocycles. The van der Waals surface area contributed by atoms with E-state index in [4.69, 9.17) is 4.74 Å². The van der Waals surface area contributed by atoms with Crippen molar-refractivity contribution in [2.24, 2.45) is 5.41 Å². The van der Waals surface area contributed by atoms with Gasteiger partial charge in [0.25, 0.3) is 0 Å². The van der Waals surface area contributed by atoms with E-state index in [0.717, 1.165) is 4.90 Å². The summed E-state index contributed by atoms with van der Waals surface area (Å²) >= 11 is 1.44. The van der Waals surface area contributed by atoms with E-state index in [9.17, 15) is 9.18 Å². The number of benzene rings is 1. The predicted octanol–water partition coefficient (Wildman–Crippen LogP) is 3.12. The fourth-order valence-electron chi connectivity index (χ4n) is 1.16. The van der Waals surface area contributed by atoms with Crippen molar-refractivity contribution < 1.29 is 13.9 Å². The number of esters is 1. The van der Waals surface area contributed by atoms with Crippen molar-refractivity contribution in [1.29, 1.82) is 0 Å². The van der Waals surface area contributed by atoms with Crippen LogP contribution in [0.15, 0.2) is 29.2 Å². The Labute approximate surface area is 99.2 Å². The highest BCUT2D eigenvalue weighted by molar-refractivity contribution is 7.99. The lowest BCUT2D eigenvalue weighted by Gasteiger charge is -2.20. The molecule has 4 heteroatoms. The first-order valence-corrected chi connectivity index (χ1v) is 5.91. The third-order valence-electron chi connectivity index (χ3n) is 2.13. The lowest BCUT2D eigenvalue weighted by Crippen LogP contribution is -2.28. The Balaban J connectivity index is 2.61. The van der Waals surface area contributed by atoms with Crippen LogP contribution in [0.4, 0.5) is 4.39 Å². The van der Waals surface area contributed by atoms with Gasteiger partial charge in [-0.2, -0.15) is 0 Å². The molecule has 0 aliphatic heterocycles. The molecule has 2 nitrogen and oxygen atoms in total. The Kier molecular flexibility index (Phi) is 4.35. The van der Waals surface area contributed by atoms with Crippen molar-refractivity contribution in [2.75, 3.05) is 12.9 Å². The van der Waals surface area contributed by atoms with Crippen LogP contribution in [-0.2, 0) is 9.53 Å². The second-order valence-corrected chi connectivity index (χ2v) is 5.17. The molecule has 0 atom stereocenters. The molecule has 0 bridgehead atoms. The summed E-state index contributed by atoms with van der Waals surface area (Å²) < 4.78 is 17.6. The van der Waals surface area contributed by atoms with Crippen LogP contribution < -0.4 is 0 Å². The quantitative estimate of drug-likeness (QED) is 0.599. The SMILES string of the molecule is COC(=O)C(C)(C)CSc1cccc(F)c1. The molecule has 0 saturated carbocycles. The predicted molar refractivity (Wildman–Crippen MR) is 62.9 cm³/mol. The molecule has 16 heavy (non-hydrogen) atoms. The highest BCUT2D eigenvalue weighted by atomic mass is 32.2. The Morgan fingerprint density at radius 2 is 2.19 bits per heavy atom. The molecular formula is C12H15FO2S. The first-order valence-electron chi connectivity index (χ1n) is 4.92. The van der Waals surface area contributed by atoms with E-state index in [0.29, 0.717) is 5.75 Å². The molecule has 0 fully saturated rings. The number of carbonyl (C=O) groups is 1. The van der Waals surface area contributed by atoms with Gasteiger partial charge in [0.05, 0.1) is 12.5 Å². The number of methoxy groups -OCH3 is 1. The molecule has 1 aromatic carbocycles. The van der Waals surface area contributed by atoms with Gasteiger partial charge >= 0.3 is 5.97 Å². The highest BCUT2D eigenvalue weighted by Crippen LogP contribution is 2.28. The maximum Gasteiger partial charge on any atom is 0.312 e. The fraction of sp³-hybridized carbons (Fsp3) is 0.417. The van der Waals surface area contributed by atoms with Gasteiger partial charge in [-0.3, -0.25) is 4.79 Å². The molecule has 0 N–H and O–H groups in total. The van der Waals surface area contributed by atoms with Gasteiger partial charge in [0, 0.05) is 10.6 Å². The van der Waals surface area contributed by atoms with Gasteiger partial charge in [0.1, 0.15) is 5.82 Å². The normalized spacial score (nSPS) is 11.2. The number of hydrogen-bond donors (Lipinski definition) is 0. The Morgan fingerprint density at radius 1 is 1.50 bits per heavy atom. The zero-order valence-corrected chi connectivity index (χ0v) is 10.4. The van der Waals surface area contributed by atoms with E-state index in [2.05, 4.69) is 0 Å². The van der Waals surface area contributed by atoms with Crippen LogP contribution in [-0.4, -0.2) is 18.8 Å². The summed E-state index contributed by atoms with van der Waals surface area (Å²) in [5.41, 5.74) is -0.564. The molecule has 0 aliphatic rings. The van der Waals surface area contributed by atoms with E-state index >= 15 is 0 Å². The van der Waals surface area contributed by atoms with E-state index < -0.39 is 5.41 Å². The monoisotopic (exact) mass is 242 g/mol. The average Bonchev–Trinajstić information content (AvgIpc) is 2.25. The summed E-state index contributed by atoms with van der Waals surface area (Å²) in [7, 11) is 1.37. The molecule has 1 aromatic rings. The minimum Gasteiger partial charge on any atom is -0.469 e. The summed E-state index contributed by atoms with van der Waals surface area (Å²) in [4.78, 5) is 12.2. The van der Waals surface area contributed by atoms with Crippen LogP contribution >= 0.6 is 11.8 Å². The molecule has 0 unspecified atom stereocenters. The molecular weight excluding hydrogens is 227 g/mol. The molecule has 88 valence electrons. The Morgan fingerprint density at radius 3 is 2.75 bits per heavy atom. The molecule has 1 rings (SSSR count).